The SMILES string of the molecule is Cc1ncc(-c2ccc(NC(=O)c3ccccc3F)cc2)[nH]1. The first kappa shape index (κ1) is 14.0. The Morgan fingerprint density at radius 1 is 1.14 bits per heavy atom. The second-order valence-corrected chi connectivity index (χ2v) is 4.89. The molecule has 22 heavy (non-hydrogen) atoms. The van der Waals surface area contributed by atoms with Crippen molar-refractivity contribution in [1.29, 1.82) is 0 Å². The Morgan fingerprint density at radius 2 is 1.86 bits per heavy atom. The van der Waals surface area contributed by atoms with Gasteiger partial charge in [-0.3, -0.25) is 4.79 Å². The van der Waals surface area contributed by atoms with E-state index in [1.807, 2.05) is 19.1 Å². The van der Waals surface area contributed by atoms with E-state index in [2.05, 4.69) is 15.3 Å². The molecular weight excluding hydrogens is 281 g/mol. The fourth-order valence-electron chi connectivity index (χ4n) is 2.14. The molecule has 0 fully saturated rings. The summed E-state index contributed by atoms with van der Waals surface area (Å²) in [6.45, 7) is 1.88. The lowest BCUT2D eigenvalue weighted by molar-refractivity contribution is 0.102. The monoisotopic (exact) mass is 295 g/mol. The van der Waals surface area contributed by atoms with Crippen molar-refractivity contribution in [2.75, 3.05) is 5.32 Å². The van der Waals surface area contributed by atoms with E-state index in [0.29, 0.717) is 5.69 Å². The Balaban J connectivity index is 1.76. The van der Waals surface area contributed by atoms with Crippen LogP contribution in [0.4, 0.5) is 10.1 Å². The molecule has 4 nitrogen and oxygen atoms in total. The zero-order valence-electron chi connectivity index (χ0n) is 11.9. The van der Waals surface area contributed by atoms with Gasteiger partial charge in [-0.25, -0.2) is 9.37 Å². The van der Waals surface area contributed by atoms with Crippen molar-refractivity contribution in [2.45, 2.75) is 6.92 Å². The van der Waals surface area contributed by atoms with Crippen molar-refractivity contribution in [3.05, 3.63) is 71.9 Å². The summed E-state index contributed by atoms with van der Waals surface area (Å²) in [5.74, 6) is -0.167. The first-order valence-corrected chi connectivity index (χ1v) is 6.81. The molecule has 1 amide bonds. The number of anilines is 1. The molecule has 0 unspecified atom stereocenters. The maximum atomic E-state index is 13.6. The van der Waals surface area contributed by atoms with Crippen LogP contribution in [0.25, 0.3) is 11.3 Å². The molecule has 0 aliphatic rings. The molecular formula is C17H14FN3O. The zero-order chi connectivity index (χ0) is 15.5. The van der Waals surface area contributed by atoms with Crippen molar-refractivity contribution < 1.29 is 9.18 Å². The number of hydrogen-bond acceptors (Lipinski definition) is 2. The molecule has 110 valence electrons. The molecule has 1 aromatic heterocycles. The Kier molecular flexibility index (Phi) is 3.70. The van der Waals surface area contributed by atoms with Crippen molar-refractivity contribution >= 4 is 11.6 Å². The molecule has 0 atom stereocenters. The van der Waals surface area contributed by atoms with Gasteiger partial charge in [0.05, 0.1) is 17.5 Å². The molecule has 0 radical (unpaired) electrons. The van der Waals surface area contributed by atoms with Crippen molar-refractivity contribution in [1.82, 2.24) is 9.97 Å². The number of rotatable bonds is 3. The third-order valence-electron chi connectivity index (χ3n) is 3.28. The maximum Gasteiger partial charge on any atom is 0.258 e. The van der Waals surface area contributed by atoms with Crippen LogP contribution in [0.3, 0.4) is 0 Å². The average Bonchev–Trinajstić information content (AvgIpc) is 2.95. The quantitative estimate of drug-likeness (QED) is 0.772. The summed E-state index contributed by atoms with van der Waals surface area (Å²) in [7, 11) is 0. The number of aromatic nitrogens is 2. The molecule has 0 aliphatic carbocycles. The van der Waals surface area contributed by atoms with Gasteiger partial charge >= 0.3 is 0 Å². The van der Waals surface area contributed by atoms with Gasteiger partial charge < -0.3 is 10.3 Å². The van der Waals surface area contributed by atoms with Gasteiger partial charge in [0, 0.05) is 5.69 Å². The molecule has 0 saturated heterocycles. The number of amides is 1. The van der Waals surface area contributed by atoms with Crippen molar-refractivity contribution in [2.24, 2.45) is 0 Å². The number of aryl methyl sites for hydroxylation is 1. The highest BCUT2D eigenvalue weighted by Crippen LogP contribution is 2.20. The molecule has 0 saturated carbocycles. The number of nitrogens with zero attached hydrogens (tertiary/aromatic N) is 1. The summed E-state index contributed by atoms with van der Waals surface area (Å²) in [4.78, 5) is 19.3. The van der Waals surface area contributed by atoms with E-state index in [0.717, 1.165) is 17.1 Å². The van der Waals surface area contributed by atoms with E-state index in [4.69, 9.17) is 0 Å². The number of imidazole rings is 1. The minimum atomic E-state index is -0.537. The minimum Gasteiger partial charge on any atom is -0.342 e. The Morgan fingerprint density at radius 3 is 2.50 bits per heavy atom. The number of nitrogens with one attached hydrogen (secondary N) is 2. The van der Waals surface area contributed by atoms with Crippen LogP contribution in [0, 0.1) is 12.7 Å². The van der Waals surface area contributed by atoms with Crippen molar-refractivity contribution in [3.63, 3.8) is 0 Å². The minimum absolute atomic E-state index is 0.0239. The summed E-state index contributed by atoms with van der Waals surface area (Å²) in [5.41, 5.74) is 2.50. The molecule has 0 aliphatic heterocycles. The molecule has 5 heteroatoms. The predicted molar refractivity (Wildman–Crippen MR) is 83.1 cm³/mol. The molecule has 3 rings (SSSR count). The third kappa shape index (κ3) is 2.88. The summed E-state index contributed by atoms with van der Waals surface area (Å²) in [5, 5.41) is 2.68. The lowest BCUT2D eigenvalue weighted by Gasteiger charge is -2.06. The molecule has 2 N–H and O–H groups in total. The van der Waals surface area contributed by atoms with Crippen LogP contribution < -0.4 is 5.32 Å². The predicted octanol–water partition coefficient (Wildman–Crippen LogP) is 3.78. The summed E-state index contributed by atoms with van der Waals surface area (Å²) in [6.07, 6.45) is 1.75. The topological polar surface area (TPSA) is 57.8 Å². The van der Waals surface area contributed by atoms with Crippen LogP contribution in [0.2, 0.25) is 0 Å². The van der Waals surface area contributed by atoms with Crippen molar-refractivity contribution in [3.8, 4) is 11.3 Å². The second-order valence-electron chi connectivity index (χ2n) is 4.89. The first-order valence-electron chi connectivity index (χ1n) is 6.81. The van der Waals surface area contributed by atoms with Crippen LogP contribution in [0.5, 0.6) is 0 Å². The van der Waals surface area contributed by atoms with Gasteiger partial charge in [0.15, 0.2) is 0 Å². The van der Waals surface area contributed by atoms with Gasteiger partial charge in [-0.1, -0.05) is 24.3 Å². The fourth-order valence-corrected chi connectivity index (χ4v) is 2.14. The van der Waals surface area contributed by atoms with Gasteiger partial charge in [0.25, 0.3) is 5.91 Å². The van der Waals surface area contributed by atoms with Crippen LogP contribution >= 0.6 is 0 Å². The van der Waals surface area contributed by atoms with E-state index in [-0.39, 0.29) is 5.56 Å². The van der Waals surface area contributed by atoms with E-state index in [1.54, 1.807) is 30.5 Å². The number of benzene rings is 2. The van der Waals surface area contributed by atoms with Crippen LogP contribution in [-0.4, -0.2) is 15.9 Å². The maximum absolute atomic E-state index is 13.6. The van der Waals surface area contributed by atoms with Gasteiger partial charge in [0.2, 0.25) is 0 Å². The summed E-state index contributed by atoms with van der Waals surface area (Å²) < 4.78 is 13.6. The van der Waals surface area contributed by atoms with E-state index >= 15 is 0 Å². The van der Waals surface area contributed by atoms with Crippen LogP contribution in [0.15, 0.2) is 54.7 Å². The highest BCUT2D eigenvalue weighted by atomic mass is 19.1. The number of aromatic amines is 1. The van der Waals surface area contributed by atoms with Gasteiger partial charge in [-0.05, 0) is 36.8 Å². The van der Waals surface area contributed by atoms with E-state index in [9.17, 15) is 9.18 Å². The van der Waals surface area contributed by atoms with Crippen LogP contribution in [-0.2, 0) is 0 Å². The van der Waals surface area contributed by atoms with Crippen LogP contribution in [0.1, 0.15) is 16.2 Å². The normalized spacial score (nSPS) is 10.5. The van der Waals surface area contributed by atoms with Gasteiger partial charge in [-0.15, -0.1) is 0 Å². The second kappa shape index (κ2) is 5.81. The first-order chi connectivity index (χ1) is 10.6. The Hall–Kier alpha value is -2.95. The number of carbonyl (C=O) groups is 1. The average molecular weight is 295 g/mol. The molecule has 2 aromatic carbocycles. The number of halogens is 1. The lowest BCUT2D eigenvalue weighted by Crippen LogP contribution is -2.13. The lowest BCUT2D eigenvalue weighted by atomic mass is 10.1. The molecule has 0 spiro atoms. The number of H-pyrrole nitrogens is 1. The molecule has 3 aromatic rings. The Bertz CT molecular complexity index is 809. The van der Waals surface area contributed by atoms with Gasteiger partial charge in [-0.2, -0.15) is 0 Å². The zero-order valence-corrected chi connectivity index (χ0v) is 11.9. The third-order valence-corrected chi connectivity index (χ3v) is 3.28. The molecule has 1 heterocycles. The number of carbonyl (C=O) groups excluding carboxylic acids is 1. The molecule has 0 bridgehead atoms. The largest absolute Gasteiger partial charge is 0.342 e. The summed E-state index contributed by atoms with van der Waals surface area (Å²) in [6, 6.07) is 13.2. The van der Waals surface area contributed by atoms with E-state index < -0.39 is 11.7 Å². The fraction of sp³-hybridized carbons (Fsp3) is 0.0588. The smallest absolute Gasteiger partial charge is 0.258 e. The highest BCUT2D eigenvalue weighted by molar-refractivity contribution is 6.04. The van der Waals surface area contributed by atoms with Gasteiger partial charge in [0.1, 0.15) is 11.6 Å². The number of hydrogen-bond donors (Lipinski definition) is 2. The highest BCUT2D eigenvalue weighted by Gasteiger charge is 2.11. The van der Waals surface area contributed by atoms with E-state index in [1.165, 1.54) is 12.1 Å². The standard InChI is InChI=1S/C17H14FN3O/c1-11-19-10-16(20-11)12-6-8-13(9-7-12)21-17(22)14-4-2-3-5-15(14)18/h2-10H,1H3,(H,19,20)(H,21,22). The Labute approximate surface area is 127 Å². The summed E-state index contributed by atoms with van der Waals surface area (Å²) >= 11 is 0.